The summed E-state index contributed by atoms with van der Waals surface area (Å²) < 4.78 is 5.30. The molecule has 1 aromatic heterocycles. The van der Waals surface area contributed by atoms with Gasteiger partial charge in [0.1, 0.15) is 5.82 Å². The quantitative estimate of drug-likeness (QED) is 0.759. The number of hydrogen-bond donors (Lipinski definition) is 1. The maximum Gasteiger partial charge on any atom is 0.244 e. The first-order chi connectivity index (χ1) is 6.77. The van der Waals surface area contributed by atoms with E-state index >= 15 is 0 Å². The topological polar surface area (TPSA) is 54.0 Å². The molecule has 0 unspecified atom stereocenters. The zero-order chi connectivity index (χ0) is 9.97. The molecule has 0 radical (unpaired) electrons. The summed E-state index contributed by atoms with van der Waals surface area (Å²) in [5, 5.41) is 7.14. The highest BCUT2D eigenvalue weighted by atomic mass is 16.5. The summed E-state index contributed by atoms with van der Waals surface area (Å²) in [4.78, 5) is 6.34. The first-order valence-electron chi connectivity index (χ1n) is 4.94. The highest BCUT2D eigenvalue weighted by Crippen LogP contribution is 2.24. The molecule has 0 aromatic carbocycles. The first kappa shape index (κ1) is 9.45. The summed E-state index contributed by atoms with van der Waals surface area (Å²) >= 11 is 0. The van der Waals surface area contributed by atoms with Crippen molar-refractivity contribution in [1.29, 1.82) is 0 Å². The van der Waals surface area contributed by atoms with Gasteiger partial charge >= 0.3 is 0 Å². The van der Waals surface area contributed by atoms with E-state index < -0.39 is 0 Å². The van der Waals surface area contributed by atoms with Gasteiger partial charge in [-0.3, -0.25) is 5.10 Å². The van der Waals surface area contributed by atoms with Gasteiger partial charge in [0.05, 0.1) is 0 Å². The molecule has 1 aliphatic rings. The molecule has 0 spiro atoms. The lowest BCUT2D eigenvalue weighted by molar-refractivity contribution is 0.0836. The van der Waals surface area contributed by atoms with Crippen molar-refractivity contribution < 1.29 is 4.74 Å². The number of hydrogen-bond acceptors (Lipinski definition) is 4. The molecule has 2 rings (SSSR count). The van der Waals surface area contributed by atoms with Crippen molar-refractivity contribution in [2.45, 2.75) is 18.8 Å². The second-order valence-corrected chi connectivity index (χ2v) is 3.80. The molecule has 1 aromatic rings. The van der Waals surface area contributed by atoms with Crippen LogP contribution in [0.5, 0.6) is 0 Å². The van der Waals surface area contributed by atoms with Crippen molar-refractivity contribution >= 4 is 5.95 Å². The molecule has 1 N–H and O–H groups in total. The predicted molar refractivity (Wildman–Crippen MR) is 53.5 cm³/mol. The number of anilines is 1. The van der Waals surface area contributed by atoms with Crippen LogP contribution < -0.4 is 4.90 Å². The van der Waals surface area contributed by atoms with Gasteiger partial charge in [-0.2, -0.15) is 4.98 Å². The molecule has 1 saturated heterocycles. The summed E-state index contributed by atoms with van der Waals surface area (Å²) in [6.45, 7) is 1.67. The fraction of sp³-hybridized carbons (Fsp3) is 0.778. The van der Waals surface area contributed by atoms with Crippen molar-refractivity contribution in [3.8, 4) is 0 Å². The summed E-state index contributed by atoms with van der Waals surface area (Å²) in [6, 6.07) is 0. The largest absolute Gasteiger partial charge is 0.381 e. The van der Waals surface area contributed by atoms with Crippen LogP contribution in [0, 0.1) is 0 Å². The molecular weight excluding hydrogens is 180 g/mol. The number of rotatable bonds is 2. The Morgan fingerprint density at radius 2 is 2.07 bits per heavy atom. The molecule has 1 fully saturated rings. The van der Waals surface area contributed by atoms with E-state index in [2.05, 4.69) is 15.2 Å². The average molecular weight is 196 g/mol. The van der Waals surface area contributed by atoms with Gasteiger partial charge in [-0.25, -0.2) is 0 Å². The zero-order valence-corrected chi connectivity index (χ0v) is 8.66. The van der Waals surface area contributed by atoms with Gasteiger partial charge in [0.2, 0.25) is 5.95 Å². The summed E-state index contributed by atoms with van der Waals surface area (Å²) in [5.74, 6) is 2.24. The summed E-state index contributed by atoms with van der Waals surface area (Å²) in [5.41, 5.74) is 0. The zero-order valence-electron chi connectivity index (χ0n) is 8.66. The van der Waals surface area contributed by atoms with Crippen LogP contribution in [0.1, 0.15) is 24.6 Å². The number of H-pyrrole nitrogens is 1. The highest BCUT2D eigenvalue weighted by Gasteiger charge is 2.19. The SMILES string of the molecule is CN(C)c1n[nH]c(C2CCOCC2)n1. The van der Waals surface area contributed by atoms with E-state index in [4.69, 9.17) is 4.74 Å². The lowest BCUT2D eigenvalue weighted by Crippen LogP contribution is -2.15. The van der Waals surface area contributed by atoms with Gasteiger partial charge in [-0.05, 0) is 12.8 Å². The maximum absolute atomic E-state index is 5.30. The van der Waals surface area contributed by atoms with E-state index in [-0.39, 0.29) is 0 Å². The molecule has 5 heteroatoms. The molecule has 0 amide bonds. The first-order valence-corrected chi connectivity index (χ1v) is 4.94. The van der Waals surface area contributed by atoms with Crippen molar-refractivity contribution in [3.05, 3.63) is 5.82 Å². The van der Waals surface area contributed by atoms with Crippen LogP contribution >= 0.6 is 0 Å². The van der Waals surface area contributed by atoms with Crippen molar-refractivity contribution in [2.75, 3.05) is 32.2 Å². The lowest BCUT2D eigenvalue weighted by Gasteiger charge is -2.19. The Bertz CT molecular complexity index is 291. The van der Waals surface area contributed by atoms with E-state index in [9.17, 15) is 0 Å². The van der Waals surface area contributed by atoms with Gasteiger partial charge in [0.15, 0.2) is 0 Å². The number of aromatic amines is 1. The lowest BCUT2D eigenvalue weighted by atomic mass is 10.00. The molecule has 0 atom stereocenters. The molecule has 0 saturated carbocycles. The standard InChI is InChI=1S/C9H16N4O/c1-13(2)9-10-8(11-12-9)7-3-5-14-6-4-7/h7H,3-6H2,1-2H3,(H,10,11,12). The van der Waals surface area contributed by atoms with Gasteiger partial charge < -0.3 is 9.64 Å². The van der Waals surface area contributed by atoms with Crippen LogP contribution in [0.3, 0.4) is 0 Å². The predicted octanol–water partition coefficient (Wildman–Crippen LogP) is 0.765. The molecule has 0 bridgehead atoms. The van der Waals surface area contributed by atoms with Crippen LogP contribution in [0.15, 0.2) is 0 Å². The average Bonchev–Trinajstić information content (AvgIpc) is 2.68. The molecular formula is C9H16N4O. The van der Waals surface area contributed by atoms with E-state index in [0.29, 0.717) is 5.92 Å². The van der Waals surface area contributed by atoms with Gasteiger partial charge in [0.25, 0.3) is 0 Å². The Balaban J connectivity index is 2.07. The highest BCUT2D eigenvalue weighted by molar-refractivity contribution is 5.25. The molecule has 0 aliphatic carbocycles. The number of nitrogens with one attached hydrogen (secondary N) is 1. The van der Waals surface area contributed by atoms with Gasteiger partial charge in [-0.15, -0.1) is 5.10 Å². The maximum atomic E-state index is 5.30. The summed E-state index contributed by atoms with van der Waals surface area (Å²) in [6.07, 6.45) is 2.09. The van der Waals surface area contributed by atoms with Crippen molar-refractivity contribution in [1.82, 2.24) is 15.2 Å². The van der Waals surface area contributed by atoms with Gasteiger partial charge in [-0.1, -0.05) is 0 Å². The molecule has 14 heavy (non-hydrogen) atoms. The van der Waals surface area contributed by atoms with Crippen LogP contribution in [0.4, 0.5) is 5.95 Å². The Labute approximate surface area is 83.5 Å². The molecule has 78 valence electrons. The normalized spacial score (nSPS) is 18.4. The van der Waals surface area contributed by atoms with Crippen LogP contribution in [-0.2, 0) is 4.74 Å². The minimum absolute atomic E-state index is 0.491. The Morgan fingerprint density at radius 3 is 2.64 bits per heavy atom. The number of aromatic nitrogens is 3. The third kappa shape index (κ3) is 1.87. The van der Waals surface area contributed by atoms with Gasteiger partial charge in [0, 0.05) is 33.2 Å². The third-order valence-corrected chi connectivity index (χ3v) is 2.50. The summed E-state index contributed by atoms with van der Waals surface area (Å²) in [7, 11) is 3.88. The van der Waals surface area contributed by atoms with E-state index in [1.165, 1.54) is 0 Å². The van der Waals surface area contributed by atoms with Crippen LogP contribution in [-0.4, -0.2) is 42.5 Å². The fourth-order valence-corrected chi connectivity index (χ4v) is 1.62. The smallest absolute Gasteiger partial charge is 0.244 e. The third-order valence-electron chi connectivity index (χ3n) is 2.50. The van der Waals surface area contributed by atoms with Crippen molar-refractivity contribution in [3.63, 3.8) is 0 Å². The Hall–Kier alpha value is -1.10. The van der Waals surface area contributed by atoms with Crippen LogP contribution in [0.2, 0.25) is 0 Å². The van der Waals surface area contributed by atoms with E-state index in [1.54, 1.807) is 0 Å². The minimum Gasteiger partial charge on any atom is -0.381 e. The Morgan fingerprint density at radius 1 is 1.36 bits per heavy atom. The number of ether oxygens (including phenoxy) is 1. The van der Waals surface area contributed by atoms with Crippen LogP contribution in [0.25, 0.3) is 0 Å². The second kappa shape index (κ2) is 3.96. The van der Waals surface area contributed by atoms with E-state index in [1.807, 2.05) is 19.0 Å². The fourth-order valence-electron chi connectivity index (χ4n) is 1.62. The molecule has 1 aliphatic heterocycles. The van der Waals surface area contributed by atoms with Crippen molar-refractivity contribution in [2.24, 2.45) is 0 Å². The van der Waals surface area contributed by atoms with E-state index in [0.717, 1.165) is 37.8 Å². The Kier molecular flexibility index (Phi) is 2.67. The molecule has 5 nitrogen and oxygen atoms in total. The molecule has 2 heterocycles. The minimum atomic E-state index is 0.491. The second-order valence-electron chi connectivity index (χ2n) is 3.80. The number of nitrogens with zero attached hydrogens (tertiary/aromatic N) is 3. The monoisotopic (exact) mass is 196 g/mol.